The maximum absolute atomic E-state index is 11.5. The Bertz CT molecular complexity index is 360. The van der Waals surface area contributed by atoms with Crippen LogP contribution in [0.4, 0.5) is 0 Å². The predicted molar refractivity (Wildman–Crippen MR) is 73.7 cm³/mol. The Labute approximate surface area is 112 Å². The molecule has 0 aliphatic heterocycles. The molecule has 1 rings (SSSR count). The van der Waals surface area contributed by atoms with E-state index in [4.69, 9.17) is 4.52 Å². The predicted octanol–water partition coefficient (Wildman–Crippen LogP) is 1.25. The van der Waals surface area contributed by atoms with Crippen molar-refractivity contribution in [2.24, 2.45) is 0 Å². The lowest BCUT2D eigenvalue weighted by Gasteiger charge is -2.04. The van der Waals surface area contributed by atoms with Gasteiger partial charge in [-0.15, -0.1) is 11.8 Å². The van der Waals surface area contributed by atoms with Crippen LogP contribution in [0.5, 0.6) is 0 Å². The third kappa shape index (κ3) is 5.10. The molecule has 0 aromatic carbocycles. The van der Waals surface area contributed by atoms with Crippen LogP contribution in [0.2, 0.25) is 0 Å². The molecule has 1 heterocycles. The summed E-state index contributed by atoms with van der Waals surface area (Å²) in [5.74, 6) is 2.17. The van der Waals surface area contributed by atoms with Gasteiger partial charge in [0.2, 0.25) is 5.91 Å². The highest BCUT2D eigenvalue weighted by Crippen LogP contribution is 2.19. The molecule has 18 heavy (non-hydrogen) atoms. The van der Waals surface area contributed by atoms with Gasteiger partial charge in [-0.3, -0.25) is 4.79 Å². The number of rotatable bonds is 8. The average Bonchev–Trinajstić information content (AvgIpc) is 2.66. The summed E-state index contributed by atoms with van der Waals surface area (Å²) in [6.07, 6.45) is 0.955. The number of aromatic nitrogens is 1. The van der Waals surface area contributed by atoms with Gasteiger partial charge in [-0.1, -0.05) is 5.16 Å². The molecule has 0 unspecified atom stereocenters. The average molecular weight is 271 g/mol. The molecule has 102 valence electrons. The van der Waals surface area contributed by atoms with Crippen LogP contribution in [0.3, 0.4) is 0 Å². The van der Waals surface area contributed by atoms with E-state index < -0.39 is 0 Å². The van der Waals surface area contributed by atoms with Crippen molar-refractivity contribution in [1.29, 1.82) is 0 Å². The molecular weight excluding hydrogens is 250 g/mol. The highest BCUT2D eigenvalue weighted by atomic mass is 32.2. The summed E-state index contributed by atoms with van der Waals surface area (Å²) in [6, 6.07) is 0. The van der Waals surface area contributed by atoms with Crippen molar-refractivity contribution in [3.05, 3.63) is 17.0 Å². The molecule has 1 aromatic rings. The second-order valence-electron chi connectivity index (χ2n) is 4.10. The van der Waals surface area contributed by atoms with E-state index in [9.17, 15) is 4.79 Å². The van der Waals surface area contributed by atoms with Crippen LogP contribution < -0.4 is 10.6 Å². The van der Waals surface area contributed by atoms with E-state index in [-0.39, 0.29) is 5.91 Å². The Kier molecular flexibility index (Phi) is 6.82. The lowest BCUT2D eigenvalue weighted by molar-refractivity contribution is -0.118. The Morgan fingerprint density at radius 1 is 1.39 bits per heavy atom. The van der Waals surface area contributed by atoms with E-state index in [0.717, 1.165) is 42.3 Å². The fraction of sp³-hybridized carbons (Fsp3) is 0.667. The molecule has 0 atom stereocenters. The first-order chi connectivity index (χ1) is 8.65. The maximum Gasteiger partial charge on any atom is 0.230 e. The van der Waals surface area contributed by atoms with Crippen molar-refractivity contribution in [3.8, 4) is 0 Å². The second kappa shape index (κ2) is 8.16. The van der Waals surface area contributed by atoms with Gasteiger partial charge in [-0.05, 0) is 33.9 Å². The summed E-state index contributed by atoms with van der Waals surface area (Å²) in [5.41, 5.74) is 2.01. The Hall–Kier alpha value is -1.01. The van der Waals surface area contributed by atoms with Crippen molar-refractivity contribution >= 4 is 17.7 Å². The number of carbonyl (C=O) groups is 1. The van der Waals surface area contributed by atoms with Gasteiger partial charge in [-0.2, -0.15) is 0 Å². The van der Waals surface area contributed by atoms with Crippen molar-refractivity contribution in [1.82, 2.24) is 15.8 Å². The molecule has 0 aliphatic rings. The molecular formula is C12H21N3O2S. The Balaban J connectivity index is 2.16. The van der Waals surface area contributed by atoms with E-state index in [0.29, 0.717) is 5.75 Å². The molecule has 0 bridgehead atoms. The monoisotopic (exact) mass is 271 g/mol. The Morgan fingerprint density at radius 2 is 2.17 bits per heavy atom. The number of hydrogen-bond donors (Lipinski definition) is 2. The van der Waals surface area contributed by atoms with Crippen LogP contribution in [0, 0.1) is 13.8 Å². The van der Waals surface area contributed by atoms with E-state index >= 15 is 0 Å². The summed E-state index contributed by atoms with van der Waals surface area (Å²) in [5, 5.41) is 9.82. The quantitative estimate of drug-likeness (QED) is 0.697. The van der Waals surface area contributed by atoms with Gasteiger partial charge in [-0.25, -0.2) is 0 Å². The summed E-state index contributed by atoms with van der Waals surface area (Å²) < 4.78 is 5.07. The molecule has 0 saturated carbocycles. The van der Waals surface area contributed by atoms with E-state index in [1.807, 2.05) is 20.9 Å². The van der Waals surface area contributed by atoms with E-state index in [1.165, 1.54) is 0 Å². The number of nitrogens with one attached hydrogen (secondary N) is 2. The van der Waals surface area contributed by atoms with Crippen LogP contribution in [0.25, 0.3) is 0 Å². The van der Waals surface area contributed by atoms with E-state index in [2.05, 4.69) is 15.8 Å². The lowest BCUT2D eigenvalue weighted by Crippen LogP contribution is -2.28. The van der Waals surface area contributed by atoms with Gasteiger partial charge >= 0.3 is 0 Å². The largest absolute Gasteiger partial charge is 0.361 e. The molecule has 0 saturated heterocycles. The molecule has 1 aromatic heterocycles. The maximum atomic E-state index is 11.5. The van der Waals surface area contributed by atoms with Crippen LogP contribution in [0.1, 0.15) is 23.4 Å². The Morgan fingerprint density at radius 3 is 2.78 bits per heavy atom. The van der Waals surface area contributed by atoms with Gasteiger partial charge in [0.25, 0.3) is 0 Å². The molecule has 0 radical (unpaired) electrons. The lowest BCUT2D eigenvalue weighted by atomic mass is 10.2. The summed E-state index contributed by atoms with van der Waals surface area (Å²) in [7, 11) is 1.90. The fourth-order valence-electron chi connectivity index (χ4n) is 1.50. The van der Waals surface area contributed by atoms with Crippen molar-refractivity contribution < 1.29 is 9.32 Å². The number of nitrogens with zero attached hydrogens (tertiary/aromatic N) is 1. The van der Waals surface area contributed by atoms with E-state index in [1.54, 1.807) is 11.8 Å². The fourth-order valence-corrected chi connectivity index (χ4v) is 2.50. The topological polar surface area (TPSA) is 67.2 Å². The first-order valence-electron chi connectivity index (χ1n) is 6.06. The van der Waals surface area contributed by atoms with Gasteiger partial charge in [0.1, 0.15) is 5.76 Å². The first-order valence-corrected chi connectivity index (χ1v) is 7.21. The third-order valence-corrected chi connectivity index (χ3v) is 3.55. The number of hydrogen-bond acceptors (Lipinski definition) is 5. The van der Waals surface area contributed by atoms with Gasteiger partial charge in [0, 0.05) is 17.9 Å². The van der Waals surface area contributed by atoms with Crippen LogP contribution in [-0.2, 0) is 10.5 Å². The summed E-state index contributed by atoms with van der Waals surface area (Å²) in [6.45, 7) is 5.47. The van der Waals surface area contributed by atoms with Crippen molar-refractivity contribution in [2.45, 2.75) is 26.0 Å². The molecule has 0 fully saturated rings. The molecule has 2 N–H and O–H groups in total. The van der Waals surface area contributed by atoms with Crippen LogP contribution >= 0.6 is 11.8 Å². The van der Waals surface area contributed by atoms with Crippen LogP contribution in [0.15, 0.2) is 4.52 Å². The number of carbonyl (C=O) groups excluding carboxylic acids is 1. The normalized spacial score (nSPS) is 10.6. The summed E-state index contributed by atoms with van der Waals surface area (Å²) in [4.78, 5) is 11.5. The first kappa shape index (κ1) is 15.0. The minimum Gasteiger partial charge on any atom is -0.361 e. The van der Waals surface area contributed by atoms with Gasteiger partial charge < -0.3 is 15.2 Å². The van der Waals surface area contributed by atoms with Crippen molar-refractivity contribution in [2.75, 3.05) is 25.9 Å². The second-order valence-corrected chi connectivity index (χ2v) is 5.09. The zero-order valence-electron chi connectivity index (χ0n) is 11.2. The van der Waals surface area contributed by atoms with Crippen molar-refractivity contribution in [3.63, 3.8) is 0 Å². The van der Waals surface area contributed by atoms with Crippen LogP contribution in [-0.4, -0.2) is 37.0 Å². The molecule has 0 aliphatic carbocycles. The highest BCUT2D eigenvalue weighted by Gasteiger charge is 2.09. The molecule has 5 nitrogen and oxygen atoms in total. The minimum absolute atomic E-state index is 0.0860. The molecule has 6 heteroatoms. The number of aryl methyl sites for hydroxylation is 2. The molecule has 0 spiro atoms. The third-order valence-electron chi connectivity index (χ3n) is 2.59. The zero-order valence-corrected chi connectivity index (χ0v) is 12.0. The SMILES string of the molecule is CNCCCNC(=O)CSCc1c(C)noc1C. The number of amides is 1. The zero-order chi connectivity index (χ0) is 13.4. The minimum atomic E-state index is 0.0860. The van der Waals surface area contributed by atoms with Gasteiger partial charge in [0.05, 0.1) is 11.4 Å². The smallest absolute Gasteiger partial charge is 0.230 e. The molecule has 1 amide bonds. The summed E-state index contributed by atoms with van der Waals surface area (Å²) >= 11 is 1.58. The standard InChI is InChI=1S/C12H21N3O2S/c1-9-11(10(2)17-15-9)7-18-8-12(16)14-6-4-5-13-3/h13H,4-8H2,1-3H3,(H,14,16). The van der Waals surface area contributed by atoms with Gasteiger partial charge in [0.15, 0.2) is 0 Å². The highest BCUT2D eigenvalue weighted by molar-refractivity contribution is 7.99. The number of thioether (sulfide) groups is 1.